The van der Waals surface area contributed by atoms with Crippen LogP contribution in [0.15, 0.2) is 12.5 Å². The van der Waals surface area contributed by atoms with Crippen LogP contribution < -0.4 is 0 Å². The van der Waals surface area contributed by atoms with Gasteiger partial charge in [0.15, 0.2) is 0 Å². The topological polar surface area (TPSA) is 58.4 Å². The summed E-state index contributed by atoms with van der Waals surface area (Å²) >= 11 is 0. The van der Waals surface area contributed by atoms with E-state index >= 15 is 0 Å². The lowest BCUT2D eigenvalue weighted by Gasteiger charge is -2.24. The lowest BCUT2D eigenvalue weighted by atomic mass is 10.2. The highest BCUT2D eigenvalue weighted by molar-refractivity contribution is 5.73. The molecule has 0 aliphatic rings. The molecule has 0 aromatic carbocycles. The van der Waals surface area contributed by atoms with Gasteiger partial charge < -0.3 is 9.67 Å². The third kappa shape index (κ3) is 3.30. The molecular weight excluding hydrogens is 218 g/mol. The molecule has 0 aliphatic heterocycles. The number of imidazole rings is 1. The minimum Gasteiger partial charge on any atom is -0.480 e. The molecule has 5 nitrogen and oxygen atoms in total. The predicted octanol–water partition coefficient (Wildman–Crippen LogP) is 1.76. The second kappa shape index (κ2) is 5.82. The highest BCUT2D eigenvalue weighted by Crippen LogP contribution is 2.13. The fraction of sp³-hybridized carbons (Fsp3) is 0.667. The first kappa shape index (κ1) is 13.7. The summed E-state index contributed by atoms with van der Waals surface area (Å²) < 4.78 is 2.06. The Labute approximate surface area is 102 Å². The van der Waals surface area contributed by atoms with Crippen LogP contribution in [0.3, 0.4) is 0 Å². The number of hydrogen-bond acceptors (Lipinski definition) is 3. The minimum absolute atomic E-state index is 0.339. The molecule has 0 radical (unpaired) electrons. The summed E-state index contributed by atoms with van der Waals surface area (Å²) in [6.45, 7) is 6.65. The lowest BCUT2D eigenvalue weighted by molar-refractivity contribution is -0.143. The monoisotopic (exact) mass is 239 g/mol. The summed E-state index contributed by atoms with van der Waals surface area (Å²) in [6, 6.07) is -0.101. The van der Waals surface area contributed by atoms with E-state index < -0.39 is 12.0 Å². The van der Waals surface area contributed by atoms with E-state index in [9.17, 15) is 4.79 Å². The summed E-state index contributed by atoms with van der Waals surface area (Å²) in [5.41, 5.74) is 1.04. The fourth-order valence-electron chi connectivity index (χ4n) is 1.96. The van der Waals surface area contributed by atoms with Crippen molar-refractivity contribution in [3.8, 4) is 0 Å². The molecular formula is C12H21N3O2. The van der Waals surface area contributed by atoms with Gasteiger partial charge in [-0.2, -0.15) is 0 Å². The molecule has 5 heteroatoms. The number of carboxylic acids is 1. The van der Waals surface area contributed by atoms with E-state index in [-0.39, 0.29) is 0 Å². The van der Waals surface area contributed by atoms with Crippen molar-refractivity contribution in [2.45, 2.75) is 45.8 Å². The van der Waals surface area contributed by atoms with Gasteiger partial charge in [0, 0.05) is 18.8 Å². The van der Waals surface area contributed by atoms with Gasteiger partial charge in [0.05, 0.1) is 12.0 Å². The molecule has 1 aromatic heterocycles. The summed E-state index contributed by atoms with van der Waals surface area (Å²) in [6.07, 6.45) is 4.18. The SMILES string of the molecule is CCC(C(=O)O)N(C)Cc1cncn1C(C)C. The molecule has 96 valence electrons. The minimum atomic E-state index is -0.773. The molecule has 1 aromatic rings. The van der Waals surface area contributed by atoms with Crippen molar-refractivity contribution in [1.29, 1.82) is 0 Å². The van der Waals surface area contributed by atoms with Gasteiger partial charge in [-0.15, -0.1) is 0 Å². The summed E-state index contributed by atoms with van der Waals surface area (Å²) in [5, 5.41) is 9.09. The maximum atomic E-state index is 11.1. The summed E-state index contributed by atoms with van der Waals surface area (Å²) in [7, 11) is 1.83. The number of hydrogen-bond donors (Lipinski definition) is 1. The van der Waals surface area contributed by atoms with Crippen LogP contribution in [0, 0.1) is 0 Å². The Morgan fingerprint density at radius 1 is 1.59 bits per heavy atom. The number of aliphatic carboxylic acids is 1. The Kier molecular flexibility index (Phi) is 4.69. The van der Waals surface area contributed by atoms with E-state index in [1.165, 1.54) is 0 Å². The number of carboxylic acid groups (broad SMARTS) is 1. The van der Waals surface area contributed by atoms with Crippen molar-refractivity contribution in [3.05, 3.63) is 18.2 Å². The van der Waals surface area contributed by atoms with E-state index in [4.69, 9.17) is 5.11 Å². The Hall–Kier alpha value is -1.36. The zero-order chi connectivity index (χ0) is 13.0. The number of aromatic nitrogens is 2. The van der Waals surface area contributed by atoms with Crippen LogP contribution >= 0.6 is 0 Å². The van der Waals surface area contributed by atoms with E-state index in [0.717, 1.165) is 5.69 Å². The van der Waals surface area contributed by atoms with Crippen molar-refractivity contribution in [2.24, 2.45) is 0 Å². The van der Waals surface area contributed by atoms with Gasteiger partial charge in [0.25, 0.3) is 0 Å². The Balaban J connectivity index is 2.76. The maximum Gasteiger partial charge on any atom is 0.320 e. The number of nitrogens with zero attached hydrogens (tertiary/aromatic N) is 3. The maximum absolute atomic E-state index is 11.1. The Morgan fingerprint density at radius 3 is 2.71 bits per heavy atom. The molecule has 1 unspecified atom stereocenters. The smallest absolute Gasteiger partial charge is 0.320 e. The zero-order valence-electron chi connectivity index (χ0n) is 10.9. The number of likely N-dealkylation sites (N-methyl/N-ethyl adjacent to an activating group) is 1. The van der Waals surface area contributed by atoms with E-state index in [2.05, 4.69) is 23.4 Å². The average molecular weight is 239 g/mol. The first-order valence-corrected chi connectivity index (χ1v) is 5.91. The molecule has 1 rings (SSSR count). The molecule has 0 fully saturated rings. The van der Waals surface area contributed by atoms with Crippen LogP contribution in [0.5, 0.6) is 0 Å². The standard InChI is InChI=1S/C12H21N3O2/c1-5-11(12(16)17)14(4)7-10-6-13-8-15(10)9(2)3/h6,8-9,11H,5,7H2,1-4H3,(H,16,17). The van der Waals surface area contributed by atoms with E-state index in [1.54, 1.807) is 12.5 Å². The van der Waals surface area contributed by atoms with Crippen molar-refractivity contribution in [2.75, 3.05) is 7.05 Å². The quantitative estimate of drug-likeness (QED) is 0.821. The van der Waals surface area contributed by atoms with Gasteiger partial charge in [0.2, 0.25) is 0 Å². The highest BCUT2D eigenvalue weighted by Gasteiger charge is 2.21. The predicted molar refractivity (Wildman–Crippen MR) is 65.8 cm³/mol. The zero-order valence-corrected chi connectivity index (χ0v) is 10.9. The third-order valence-electron chi connectivity index (χ3n) is 2.92. The van der Waals surface area contributed by atoms with Crippen LogP contribution in [0.2, 0.25) is 0 Å². The van der Waals surface area contributed by atoms with E-state index in [0.29, 0.717) is 19.0 Å². The van der Waals surface area contributed by atoms with Crippen LogP contribution in [-0.2, 0) is 11.3 Å². The van der Waals surface area contributed by atoms with Gasteiger partial charge in [-0.05, 0) is 27.3 Å². The van der Waals surface area contributed by atoms with Crippen molar-refractivity contribution in [3.63, 3.8) is 0 Å². The normalized spacial score (nSPS) is 13.3. The Morgan fingerprint density at radius 2 is 2.24 bits per heavy atom. The fourth-order valence-corrected chi connectivity index (χ4v) is 1.96. The number of carbonyl (C=O) groups is 1. The summed E-state index contributed by atoms with van der Waals surface area (Å²) in [4.78, 5) is 17.0. The van der Waals surface area contributed by atoms with Gasteiger partial charge in [-0.25, -0.2) is 4.98 Å². The first-order valence-electron chi connectivity index (χ1n) is 5.91. The van der Waals surface area contributed by atoms with Crippen molar-refractivity contribution in [1.82, 2.24) is 14.5 Å². The Bertz CT molecular complexity index is 374. The van der Waals surface area contributed by atoms with Crippen molar-refractivity contribution < 1.29 is 9.90 Å². The molecule has 0 aliphatic carbocycles. The van der Waals surface area contributed by atoms with Crippen LogP contribution in [0.1, 0.15) is 38.9 Å². The van der Waals surface area contributed by atoms with E-state index in [1.807, 2.05) is 18.9 Å². The van der Waals surface area contributed by atoms with Crippen molar-refractivity contribution >= 4 is 5.97 Å². The lowest BCUT2D eigenvalue weighted by Crippen LogP contribution is -2.37. The van der Waals surface area contributed by atoms with Gasteiger partial charge in [-0.3, -0.25) is 9.69 Å². The second-order valence-corrected chi connectivity index (χ2v) is 4.56. The van der Waals surface area contributed by atoms with Gasteiger partial charge in [0.1, 0.15) is 6.04 Å². The molecule has 1 heterocycles. The van der Waals surface area contributed by atoms with Crippen LogP contribution in [-0.4, -0.2) is 38.6 Å². The molecule has 1 N–H and O–H groups in total. The third-order valence-corrected chi connectivity index (χ3v) is 2.92. The average Bonchev–Trinajstić information content (AvgIpc) is 2.66. The molecule has 0 spiro atoms. The van der Waals surface area contributed by atoms with Gasteiger partial charge >= 0.3 is 5.97 Å². The summed E-state index contributed by atoms with van der Waals surface area (Å²) in [5.74, 6) is -0.773. The molecule has 0 bridgehead atoms. The molecule has 1 atom stereocenters. The molecule has 17 heavy (non-hydrogen) atoms. The highest BCUT2D eigenvalue weighted by atomic mass is 16.4. The largest absolute Gasteiger partial charge is 0.480 e. The first-order chi connectivity index (χ1) is 7.97. The molecule has 0 saturated heterocycles. The van der Waals surface area contributed by atoms with Gasteiger partial charge in [-0.1, -0.05) is 6.92 Å². The molecule has 0 amide bonds. The van der Waals surface area contributed by atoms with Crippen LogP contribution in [0.4, 0.5) is 0 Å². The second-order valence-electron chi connectivity index (χ2n) is 4.56. The number of rotatable bonds is 6. The molecule has 0 saturated carbocycles. The van der Waals surface area contributed by atoms with Crippen LogP contribution in [0.25, 0.3) is 0 Å².